The van der Waals surface area contributed by atoms with E-state index in [1.54, 1.807) is 0 Å². The van der Waals surface area contributed by atoms with E-state index in [0.717, 1.165) is 4.47 Å². The van der Waals surface area contributed by atoms with Crippen molar-refractivity contribution in [2.45, 2.75) is 18.9 Å². The zero-order chi connectivity index (χ0) is 11.8. The van der Waals surface area contributed by atoms with Crippen molar-refractivity contribution in [3.8, 4) is 0 Å². The van der Waals surface area contributed by atoms with Crippen molar-refractivity contribution in [3.63, 3.8) is 0 Å². The number of aliphatic hydroxyl groups excluding tert-OH is 1. The van der Waals surface area contributed by atoms with Gasteiger partial charge in [-0.3, -0.25) is 0 Å². The first kappa shape index (κ1) is 11.5. The number of aliphatic hydroxyl groups is 1. The molecule has 0 radical (unpaired) electrons. The molecule has 90 valence electrons. The highest BCUT2D eigenvalue weighted by Gasteiger charge is 2.41. The van der Waals surface area contributed by atoms with Gasteiger partial charge in [0.1, 0.15) is 11.8 Å². The van der Waals surface area contributed by atoms with Crippen LogP contribution < -0.4 is 4.90 Å². The van der Waals surface area contributed by atoms with Crippen molar-refractivity contribution in [2.75, 3.05) is 13.1 Å². The molecule has 3 saturated heterocycles. The van der Waals surface area contributed by atoms with E-state index < -0.39 is 0 Å². The molecule has 3 heteroatoms. The van der Waals surface area contributed by atoms with Gasteiger partial charge in [0.05, 0.1) is 13.1 Å². The van der Waals surface area contributed by atoms with E-state index >= 15 is 0 Å². The Balaban J connectivity index is 1.96. The molecule has 3 aliphatic heterocycles. The van der Waals surface area contributed by atoms with Gasteiger partial charge in [0.2, 0.25) is 0 Å². The fourth-order valence-electron chi connectivity index (χ4n) is 3.00. The minimum absolute atomic E-state index is 0.236. The summed E-state index contributed by atoms with van der Waals surface area (Å²) in [4.78, 5) is 1.47. The summed E-state index contributed by atoms with van der Waals surface area (Å²) in [6.45, 7) is 2.36. The lowest BCUT2D eigenvalue weighted by molar-refractivity contribution is -0.880. The van der Waals surface area contributed by atoms with Crippen molar-refractivity contribution in [3.05, 3.63) is 40.0 Å². The minimum Gasteiger partial charge on any atom is -0.383 e. The van der Waals surface area contributed by atoms with Crippen LogP contribution in [-0.2, 0) is 0 Å². The van der Waals surface area contributed by atoms with Crippen molar-refractivity contribution >= 4 is 22.0 Å². The average Bonchev–Trinajstić information content (AvgIpc) is 2.36. The molecule has 0 aliphatic carbocycles. The van der Waals surface area contributed by atoms with Gasteiger partial charge in [-0.05, 0) is 11.6 Å². The van der Waals surface area contributed by atoms with E-state index in [2.05, 4.69) is 28.1 Å². The number of hydrogen-bond donors (Lipinski definition) is 2. The molecule has 1 atom stereocenters. The molecule has 0 amide bonds. The van der Waals surface area contributed by atoms with E-state index in [4.69, 9.17) is 0 Å². The van der Waals surface area contributed by atoms with Crippen LogP contribution in [0.15, 0.2) is 34.4 Å². The summed E-state index contributed by atoms with van der Waals surface area (Å²) in [5.41, 5.74) is 2.35. The zero-order valence-electron chi connectivity index (χ0n) is 9.70. The number of nitrogens with one attached hydrogen (secondary N) is 1. The number of fused-ring (bicyclic) bond motifs is 3. The second kappa shape index (κ2) is 4.56. The topological polar surface area (TPSA) is 24.7 Å². The Morgan fingerprint density at radius 1 is 1.24 bits per heavy atom. The second-order valence-electron chi connectivity index (χ2n) is 5.01. The largest absolute Gasteiger partial charge is 0.383 e. The Morgan fingerprint density at radius 2 is 1.94 bits per heavy atom. The summed E-state index contributed by atoms with van der Waals surface area (Å²) in [5.74, 6) is 0.487. The molecule has 0 spiro atoms. The monoisotopic (exact) mass is 294 g/mol. The van der Waals surface area contributed by atoms with Crippen molar-refractivity contribution in [1.82, 2.24) is 0 Å². The van der Waals surface area contributed by atoms with E-state index in [1.165, 1.54) is 42.1 Å². The van der Waals surface area contributed by atoms with Gasteiger partial charge in [0.25, 0.3) is 0 Å². The summed E-state index contributed by atoms with van der Waals surface area (Å²) >= 11 is 3.56. The smallest absolute Gasteiger partial charge is 0.137 e. The van der Waals surface area contributed by atoms with E-state index in [-0.39, 0.29) is 6.10 Å². The van der Waals surface area contributed by atoms with Gasteiger partial charge < -0.3 is 10.0 Å². The van der Waals surface area contributed by atoms with E-state index in [0.29, 0.717) is 5.92 Å². The summed E-state index contributed by atoms with van der Waals surface area (Å²) in [6.07, 6.45) is 4.27. The van der Waals surface area contributed by atoms with Crippen LogP contribution in [0.25, 0.3) is 6.08 Å². The third kappa shape index (κ3) is 2.07. The molecule has 3 fully saturated rings. The third-order valence-electron chi connectivity index (χ3n) is 4.02. The Bertz CT molecular complexity index is 445. The predicted octanol–water partition coefficient (Wildman–Crippen LogP) is 1.46. The Kier molecular flexibility index (Phi) is 3.07. The van der Waals surface area contributed by atoms with Crippen molar-refractivity contribution < 1.29 is 10.0 Å². The molecular formula is C14H17BrNO+. The maximum Gasteiger partial charge on any atom is 0.137 e. The van der Waals surface area contributed by atoms with Crippen LogP contribution in [0, 0.1) is 5.92 Å². The predicted molar refractivity (Wildman–Crippen MR) is 71.5 cm³/mol. The molecule has 3 heterocycles. The lowest BCUT2D eigenvalue weighted by Crippen LogP contribution is -3.14. The molecule has 3 aliphatic rings. The maximum absolute atomic E-state index is 10.3. The molecule has 0 unspecified atom stereocenters. The fourth-order valence-corrected chi connectivity index (χ4v) is 3.40. The van der Waals surface area contributed by atoms with Gasteiger partial charge >= 0.3 is 0 Å². The highest BCUT2D eigenvalue weighted by atomic mass is 79.9. The van der Waals surface area contributed by atoms with Crippen LogP contribution in [0.4, 0.5) is 0 Å². The lowest BCUT2D eigenvalue weighted by atomic mass is 9.83. The normalized spacial score (nSPS) is 34.2. The van der Waals surface area contributed by atoms with Crippen LogP contribution in [-0.4, -0.2) is 24.3 Å². The summed E-state index contributed by atoms with van der Waals surface area (Å²) in [5, 5.41) is 10.3. The number of halogens is 1. The van der Waals surface area contributed by atoms with Crippen LogP contribution in [0.1, 0.15) is 18.4 Å². The second-order valence-corrected chi connectivity index (χ2v) is 5.86. The molecule has 17 heavy (non-hydrogen) atoms. The highest BCUT2D eigenvalue weighted by molar-refractivity contribution is 9.10. The number of piperidine rings is 3. The molecule has 4 rings (SSSR count). The first-order valence-corrected chi connectivity index (χ1v) is 7.04. The van der Waals surface area contributed by atoms with Crippen molar-refractivity contribution in [2.24, 2.45) is 5.92 Å². The molecule has 0 saturated carbocycles. The van der Waals surface area contributed by atoms with Crippen LogP contribution >= 0.6 is 15.9 Å². The highest BCUT2D eigenvalue weighted by Crippen LogP contribution is 2.26. The maximum atomic E-state index is 10.3. The van der Waals surface area contributed by atoms with Gasteiger partial charge in [-0.25, -0.2) is 0 Å². The van der Waals surface area contributed by atoms with Gasteiger partial charge in [-0.1, -0.05) is 34.1 Å². The first-order chi connectivity index (χ1) is 8.25. The lowest BCUT2D eigenvalue weighted by Gasteiger charge is -2.41. The Hall–Kier alpha value is -0.640. The third-order valence-corrected chi connectivity index (χ3v) is 4.75. The number of benzene rings is 1. The molecule has 2 N–H and O–H groups in total. The number of rotatable bonds is 1. The molecule has 1 aromatic carbocycles. The molecule has 2 nitrogen and oxygen atoms in total. The van der Waals surface area contributed by atoms with Gasteiger partial charge in [-0.15, -0.1) is 0 Å². The summed E-state index contributed by atoms with van der Waals surface area (Å²) < 4.78 is 1.10. The van der Waals surface area contributed by atoms with Crippen LogP contribution in [0.3, 0.4) is 0 Å². The summed E-state index contributed by atoms with van der Waals surface area (Å²) in [7, 11) is 0. The van der Waals surface area contributed by atoms with Crippen LogP contribution in [0.2, 0.25) is 0 Å². The van der Waals surface area contributed by atoms with Crippen LogP contribution in [0.5, 0.6) is 0 Å². The van der Waals surface area contributed by atoms with Gasteiger partial charge in [-0.2, -0.15) is 0 Å². The summed E-state index contributed by atoms with van der Waals surface area (Å²) in [6, 6.07) is 8.19. The quantitative estimate of drug-likeness (QED) is 0.805. The molecule has 1 aromatic rings. The van der Waals surface area contributed by atoms with E-state index in [1.807, 2.05) is 18.2 Å². The molecule has 0 aromatic heterocycles. The molecular weight excluding hydrogens is 278 g/mol. The average molecular weight is 295 g/mol. The van der Waals surface area contributed by atoms with Crippen molar-refractivity contribution in [1.29, 1.82) is 0 Å². The minimum atomic E-state index is -0.236. The Labute approximate surface area is 110 Å². The number of quaternary nitrogens is 1. The first-order valence-electron chi connectivity index (χ1n) is 6.25. The zero-order valence-corrected chi connectivity index (χ0v) is 11.3. The number of hydrogen-bond acceptors (Lipinski definition) is 1. The standard InChI is InChI=1S/C14H16BrNO/c15-12-4-2-1-3-11(12)9-13-14(17)10-5-7-16(13)8-6-10/h1-4,9-10,14,17H,5-8H2/p+1/b13-9-/t14-/m1/s1. The van der Waals surface area contributed by atoms with Gasteiger partial charge in [0, 0.05) is 29.3 Å². The van der Waals surface area contributed by atoms with Gasteiger partial charge in [0.15, 0.2) is 0 Å². The SMILES string of the molecule is O[C@H]1/C(=C/c2ccccc2Br)[NH+]2CCC1CC2. The fraction of sp³-hybridized carbons (Fsp3) is 0.429. The molecule has 2 bridgehead atoms. The Morgan fingerprint density at radius 3 is 2.59 bits per heavy atom. The van der Waals surface area contributed by atoms with E-state index in [9.17, 15) is 5.11 Å².